The number of aromatic nitrogens is 1. The first kappa shape index (κ1) is 9.48. The van der Waals surface area contributed by atoms with Crippen molar-refractivity contribution < 1.29 is 0 Å². The third-order valence-electron chi connectivity index (χ3n) is 2.34. The Labute approximate surface area is 100 Å². The molecule has 0 atom stereocenters. The fourth-order valence-electron chi connectivity index (χ4n) is 1.45. The number of rotatable bonds is 1. The summed E-state index contributed by atoms with van der Waals surface area (Å²) < 4.78 is 8.55. The summed E-state index contributed by atoms with van der Waals surface area (Å²) in [6.07, 6.45) is 0. The third kappa shape index (κ3) is 1.96. The van der Waals surface area contributed by atoms with E-state index in [0.29, 0.717) is 5.13 Å². The lowest BCUT2D eigenvalue weighted by molar-refractivity contribution is 0.590. The standard InChI is InChI=1S/C11H14N2S2/c1-11(2,3)6-4-7(14)9-8(5-6)15-10(12)13-9/h4-5,14H,1-3H3,(H2,12,13)/i/hT. The second-order valence-electron chi connectivity index (χ2n) is 4.62. The van der Waals surface area contributed by atoms with Crippen molar-refractivity contribution in [2.75, 3.05) is 5.73 Å². The first-order valence-electron chi connectivity index (χ1n) is 5.16. The van der Waals surface area contributed by atoms with Crippen molar-refractivity contribution in [3.8, 4) is 0 Å². The average molecular weight is 240 g/mol. The average Bonchev–Trinajstić information content (AvgIpc) is 2.54. The lowest BCUT2D eigenvalue weighted by Gasteiger charge is -2.19. The Morgan fingerprint density at radius 3 is 2.80 bits per heavy atom. The predicted octanol–water partition coefficient (Wildman–Crippen LogP) is 3.46. The Hall–Kier alpha value is -0.740. The van der Waals surface area contributed by atoms with Crippen LogP contribution in [-0.2, 0) is 5.41 Å². The van der Waals surface area contributed by atoms with Gasteiger partial charge in [0.2, 0.25) is 0 Å². The number of nitrogen functional groups attached to an aromatic ring is 1. The summed E-state index contributed by atoms with van der Waals surface area (Å²) in [6, 6.07) is 4.17. The molecule has 80 valence electrons. The molecule has 2 rings (SSSR count). The van der Waals surface area contributed by atoms with Crippen LogP contribution in [0.15, 0.2) is 17.0 Å². The van der Waals surface area contributed by atoms with Crippen molar-refractivity contribution in [3.63, 3.8) is 0 Å². The predicted molar refractivity (Wildman–Crippen MR) is 70.0 cm³/mol. The van der Waals surface area contributed by atoms with Gasteiger partial charge in [-0.3, -0.25) is 0 Å². The van der Waals surface area contributed by atoms with E-state index in [1.54, 1.807) is 0 Å². The summed E-state index contributed by atoms with van der Waals surface area (Å²) in [5.41, 5.74) is 7.87. The summed E-state index contributed by atoms with van der Waals surface area (Å²) in [5, 5.41) is 0.566. The smallest absolute Gasteiger partial charge is 0.181 e. The fraction of sp³-hybridized carbons (Fsp3) is 0.364. The number of hydrogen-bond donors (Lipinski definition) is 2. The number of anilines is 1. The molecule has 0 unspecified atom stereocenters. The zero-order valence-electron chi connectivity index (χ0n) is 10.00. The number of thiol groups is 1. The molecule has 1 aromatic heterocycles. The highest BCUT2D eigenvalue weighted by molar-refractivity contribution is 7.80. The van der Waals surface area contributed by atoms with Crippen LogP contribution in [0.5, 0.6) is 0 Å². The molecule has 0 spiro atoms. The van der Waals surface area contributed by atoms with E-state index in [4.69, 9.17) is 6.86 Å². The van der Waals surface area contributed by atoms with Gasteiger partial charge in [-0.05, 0) is 23.1 Å². The van der Waals surface area contributed by atoms with Gasteiger partial charge in [0, 0.05) is 4.90 Å². The summed E-state index contributed by atoms with van der Waals surface area (Å²) in [7, 11) is 0. The van der Waals surface area contributed by atoms with Crippen molar-refractivity contribution in [3.05, 3.63) is 17.7 Å². The van der Waals surface area contributed by atoms with Gasteiger partial charge < -0.3 is 5.73 Å². The zero-order chi connectivity index (χ0) is 11.9. The van der Waals surface area contributed by atoms with Crippen LogP contribution >= 0.6 is 23.9 Å². The normalized spacial score (nSPS) is 13.1. The molecule has 1 aromatic carbocycles. The molecule has 0 aliphatic heterocycles. The second-order valence-corrected chi connectivity index (χ2v) is 6.13. The number of hydrogen-bond acceptors (Lipinski definition) is 4. The minimum atomic E-state index is 0.0808. The van der Waals surface area contributed by atoms with Crippen molar-refractivity contribution in [1.29, 1.82) is 1.12 Å². The molecule has 0 fully saturated rings. The van der Waals surface area contributed by atoms with Crippen LogP contribution in [0.4, 0.5) is 5.13 Å². The van der Waals surface area contributed by atoms with Gasteiger partial charge in [0.1, 0.15) is 1.12 Å². The SMILES string of the molecule is [3H]Sc1cc(C(C)(C)C)cc2sc(N)nc12. The topological polar surface area (TPSA) is 38.9 Å². The molecular formula is C11H14N2S2. The van der Waals surface area contributed by atoms with E-state index in [1.165, 1.54) is 16.9 Å². The van der Waals surface area contributed by atoms with Gasteiger partial charge >= 0.3 is 0 Å². The van der Waals surface area contributed by atoms with Gasteiger partial charge in [-0.1, -0.05) is 32.1 Å². The molecule has 0 aliphatic rings. The Balaban J connectivity index is 2.72. The maximum absolute atomic E-state index is 7.48. The molecular weight excluding hydrogens is 224 g/mol. The summed E-state index contributed by atoms with van der Waals surface area (Å²) in [5.74, 6) is 0. The molecule has 2 N–H and O–H groups in total. The molecule has 2 nitrogen and oxygen atoms in total. The van der Waals surface area contributed by atoms with Crippen molar-refractivity contribution >= 4 is 39.2 Å². The van der Waals surface area contributed by atoms with Gasteiger partial charge in [0.15, 0.2) is 5.13 Å². The number of nitrogens with two attached hydrogens (primary N) is 1. The van der Waals surface area contributed by atoms with E-state index in [-0.39, 0.29) is 5.41 Å². The van der Waals surface area contributed by atoms with Crippen molar-refractivity contribution in [1.82, 2.24) is 4.98 Å². The fourth-order valence-corrected chi connectivity index (χ4v) is 2.60. The Bertz CT molecular complexity index is 528. The van der Waals surface area contributed by atoms with Gasteiger partial charge in [-0.25, -0.2) is 4.98 Å². The molecule has 0 bridgehead atoms. The van der Waals surface area contributed by atoms with E-state index in [1.807, 2.05) is 6.07 Å². The van der Waals surface area contributed by atoms with Crippen molar-refractivity contribution in [2.45, 2.75) is 31.1 Å². The first-order chi connectivity index (χ1) is 7.41. The van der Waals surface area contributed by atoms with Gasteiger partial charge in [-0.15, -0.1) is 12.5 Å². The first-order valence-corrected chi connectivity index (χ1v) is 5.98. The molecule has 0 saturated heterocycles. The number of fused-ring (bicyclic) bond motifs is 1. The Kier molecular flexibility index (Phi) is 2.14. The number of nitrogens with zero attached hydrogens (tertiary/aromatic N) is 1. The highest BCUT2D eigenvalue weighted by Gasteiger charge is 2.16. The van der Waals surface area contributed by atoms with E-state index in [0.717, 1.165) is 27.6 Å². The highest BCUT2D eigenvalue weighted by atomic mass is 32.1. The number of benzene rings is 1. The molecule has 1 heterocycles. The van der Waals surface area contributed by atoms with Crippen molar-refractivity contribution in [2.24, 2.45) is 0 Å². The van der Waals surface area contributed by atoms with E-state index in [9.17, 15) is 0 Å². The molecule has 4 heteroatoms. The third-order valence-corrected chi connectivity index (χ3v) is 3.49. The highest BCUT2D eigenvalue weighted by Crippen LogP contribution is 2.34. The monoisotopic (exact) mass is 240 g/mol. The molecule has 2 aromatic rings. The molecule has 15 heavy (non-hydrogen) atoms. The summed E-state index contributed by atoms with van der Waals surface area (Å²) in [4.78, 5) is 5.15. The van der Waals surface area contributed by atoms with Gasteiger partial charge in [0.25, 0.3) is 0 Å². The van der Waals surface area contributed by atoms with Crippen LogP contribution in [0, 0.1) is 0 Å². The lowest BCUT2D eigenvalue weighted by Crippen LogP contribution is -2.10. The maximum Gasteiger partial charge on any atom is 0.181 e. The second kappa shape index (κ2) is 3.39. The van der Waals surface area contributed by atoms with E-state index >= 15 is 0 Å². The van der Waals surface area contributed by atoms with Crippen LogP contribution in [0.3, 0.4) is 0 Å². The quantitative estimate of drug-likeness (QED) is 0.749. The largest absolute Gasteiger partial charge is 0.375 e. The number of thiazole rings is 1. The van der Waals surface area contributed by atoms with Crippen LogP contribution in [-0.4, -0.2) is 6.11 Å². The van der Waals surface area contributed by atoms with Crippen LogP contribution in [0.1, 0.15) is 26.3 Å². The van der Waals surface area contributed by atoms with Crippen LogP contribution in [0.2, 0.25) is 0 Å². The lowest BCUT2D eigenvalue weighted by atomic mass is 9.87. The van der Waals surface area contributed by atoms with Gasteiger partial charge in [0.05, 0.1) is 10.2 Å². The van der Waals surface area contributed by atoms with Crippen LogP contribution < -0.4 is 5.73 Å². The molecule has 0 radical (unpaired) electrons. The Morgan fingerprint density at radius 2 is 2.20 bits per heavy atom. The van der Waals surface area contributed by atoms with E-state index < -0.39 is 0 Å². The van der Waals surface area contributed by atoms with E-state index in [2.05, 4.69) is 31.8 Å². The Morgan fingerprint density at radius 1 is 1.47 bits per heavy atom. The minimum absolute atomic E-state index is 0.0808. The minimum Gasteiger partial charge on any atom is -0.375 e. The molecule has 0 amide bonds. The molecule has 0 saturated carbocycles. The summed E-state index contributed by atoms with van der Waals surface area (Å²) >= 11 is 2.46. The van der Waals surface area contributed by atoms with Crippen LogP contribution in [0.25, 0.3) is 10.2 Å². The zero-order valence-corrected chi connectivity index (χ0v) is 10.6. The summed E-state index contributed by atoms with van der Waals surface area (Å²) in [6.45, 7) is 6.49. The molecule has 0 aliphatic carbocycles. The maximum atomic E-state index is 7.48. The van der Waals surface area contributed by atoms with Gasteiger partial charge in [-0.2, -0.15) is 0 Å².